The van der Waals surface area contributed by atoms with Crippen LogP contribution in [0, 0.1) is 0 Å². The molecule has 2 N–H and O–H groups in total. The van der Waals surface area contributed by atoms with Gasteiger partial charge in [-0.2, -0.15) is 0 Å². The molecular formula is C25H35N3O2. The molecule has 0 atom stereocenters. The van der Waals surface area contributed by atoms with Gasteiger partial charge in [0.05, 0.1) is 19.3 Å². The second kappa shape index (κ2) is 13.0. The summed E-state index contributed by atoms with van der Waals surface area (Å²) in [6.07, 6.45) is 4.45. The number of hydrogen-bond donors (Lipinski definition) is 2. The smallest absolute Gasteiger partial charge is 0.191 e. The topological polar surface area (TPSA) is 54.9 Å². The van der Waals surface area contributed by atoms with Crippen LogP contribution >= 0.6 is 0 Å². The van der Waals surface area contributed by atoms with Gasteiger partial charge in [0.25, 0.3) is 0 Å². The van der Waals surface area contributed by atoms with E-state index in [1.165, 1.54) is 16.7 Å². The second-order valence-electron chi connectivity index (χ2n) is 7.65. The first kappa shape index (κ1) is 22.3. The third-order valence-electron chi connectivity index (χ3n) is 5.19. The van der Waals surface area contributed by atoms with Crippen molar-refractivity contribution in [3.05, 3.63) is 71.3 Å². The molecule has 5 heteroatoms. The third-order valence-corrected chi connectivity index (χ3v) is 5.19. The van der Waals surface area contributed by atoms with Gasteiger partial charge in [-0.05, 0) is 49.3 Å². The van der Waals surface area contributed by atoms with Crippen molar-refractivity contribution in [2.24, 2.45) is 4.99 Å². The highest BCUT2D eigenvalue weighted by Gasteiger charge is 2.14. The average Bonchev–Trinajstić information content (AvgIpc) is 2.80. The minimum Gasteiger partial charge on any atom is -0.381 e. The van der Waals surface area contributed by atoms with E-state index in [9.17, 15) is 0 Å². The fourth-order valence-corrected chi connectivity index (χ4v) is 3.53. The number of guanidine groups is 1. The van der Waals surface area contributed by atoms with E-state index in [0.29, 0.717) is 19.3 Å². The molecule has 0 unspecified atom stereocenters. The molecule has 2 aromatic carbocycles. The molecule has 0 amide bonds. The number of aliphatic imine (C=N–C) groups is 1. The van der Waals surface area contributed by atoms with Gasteiger partial charge in [-0.3, -0.25) is 0 Å². The van der Waals surface area contributed by atoms with Crippen molar-refractivity contribution in [1.29, 1.82) is 0 Å². The molecule has 0 saturated carbocycles. The zero-order chi connectivity index (χ0) is 20.9. The van der Waals surface area contributed by atoms with E-state index >= 15 is 0 Å². The molecule has 30 heavy (non-hydrogen) atoms. The highest BCUT2D eigenvalue weighted by Crippen LogP contribution is 2.14. The number of hydrogen-bond acceptors (Lipinski definition) is 3. The molecule has 5 nitrogen and oxygen atoms in total. The first-order valence-corrected chi connectivity index (χ1v) is 11.2. The zero-order valence-corrected chi connectivity index (χ0v) is 18.1. The van der Waals surface area contributed by atoms with Crippen molar-refractivity contribution < 1.29 is 9.47 Å². The highest BCUT2D eigenvalue weighted by atomic mass is 16.5. The minimum atomic E-state index is 0.320. The molecular weight excluding hydrogens is 374 g/mol. The quantitative estimate of drug-likeness (QED) is 0.353. The normalized spacial score (nSPS) is 15.2. The molecule has 0 spiro atoms. The Hall–Kier alpha value is -2.37. The van der Waals surface area contributed by atoms with Gasteiger partial charge in [-0.1, -0.05) is 54.6 Å². The lowest BCUT2D eigenvalue weighted by Crippen LogP contribution is -2.37. The number of nitrogens with zero attached hydrogens (tertiary/aromatic N) is 1. The second-order valence-corrected chi connectivity index (χ2v) is 7.65. The molecule has 1 fully saturated rings. The Morgan fingerprint density at radius 2 is 1.77 bits per heavy atom. The van der Waals surface area contributed by atoms with Gasteiger partial charge in [0.1, 0.15) is 0 Å². The standard InChI is InChI=1S/C25H35N3O2/c1-2-26-25(27-15-7-12-21-8-4-3-5-9-21)28-19-22-10-6-11-23(18-22)20-30-24-13-16-29-17-14-24/h3-6,8-11,18,24H,2,7,12-17,19-20H2,1H3,(H2,26,27,28). The van der Waals surface area contributed by atoms with Crippen LogP contribution in [0.4, 0.5) is 0 Å². The van der Waals surface area contributed by atoms with Crippen LogP contribution in [-0.2, 0) is 29.0 Å². The van der Waals surface area contributed by atoms with E-state index in [0.717, 1.165) is 57.9 Å². The van der Waals surface area contributed by atoms with Gasteiger partial charge in [0.2, 0.25) is 0 Å². The first-order valence-electron chi connectivity index (χ1n) is 11.2. The molecule has 2 aromatic rings. The van der Waals surface area contributed by atoms with Crippen molar-refractivity contribution in [2.45, 2.75) is 51.9 Å². The average molecular weight is 410 g/mol. The largest absolute Gasteiger partial charge is 0.381 e. The third kappa shape index (κ3) is 8.17. The number of ether oxygens (including phenoxy) is 2. The van der Waals surface area contributed by atoms with Crippen molar-refractivity contribution in [1.82, 2.24) is 10.6 Å². The van der Waals surface area contributed by atoms with Crippen molar-refractivity contribution in [3.63, 3.8) is 0 Å². The summed E-state index contributed by atoms with van der Waals surface area (Å²) in [4.78, 5) is 4.76. The van der Waals surface area contributed by atoms with Crippen LogP contribution in [0.5, 0.6) is 0 Å². The molecule has 1 aliphatic rings. The maximum atomic E-state index is 6.05. The summed E-state index contributed by atoms with van der Waals surface area (Å²) in [5.74, 6) is 0.870. The molecule has 0 aromatic heterocycles. The maximum Gasteiger partial charge on any atom is 0.191 e. The molecule has 0 radical (unpaired) electrons. The van der Waals surface area contributed by atoms with Gasteiger partial charge in [0, 0.05) is 26.3 Å². The molecule has 1 aliphatic heterocycles. The lowest BCUT2D eigenvalue weighted by Gasteiger charge is -2.22. The maximum absolute atomic E-state index is 6.05. The fraction of sp³-hybridized carbons (Fsp3) is 0.480. The summed E-state index contributed by atoms with van der Waals surface area (Å²) in [5.41, 5.74) is 3.78. The van der Waals surface area contributed by atoms with Crippen molar-refractivity contribution >= 4 is 5.96 Å². The van der Waals surface area contributed by atoms with E-state index in [-0.39, 0.29) is 0 Å². The van der Waals surface area contributed by atoms with E-state index in [2.05, 4.69) is 72.2 Å². The number of aryl methyl sites for hydroxylation is 1. The van der Waals surface area contributed by atoms with Crippen LogP contribution < -0.4 is 10.6 Å². The number of rotatable bonds is 10. The lowest BCUT2D eigenvalue weighted by atomic mass is 10.1. The van der Waals surface area contributed by atoms with Gasteiger partial charge < -0.3 is 20.1 Å². The Morgan fingerprint density at radius 1 is 1.00 bits per heavy atom. The molecule has 3 rings (SSSR count). The monoisotopic (exact) mass is 409 g/mol. The molecule has 1 heterocycles. The Labute approximate surface area is 180 Å². The van der Waals surface area contributed by atoms with E-state index in [4.69, 9.17) is 14.5 Å². The number of benzene rings is 2. The summed E-state index contributed by atoms with van der Waals surface area (Å²) >= 11 is 0. The summed E-state index contributed by atoms with van der Waals surface area (Å²) in [5, 5.41) is 6.78. The van der Waals surface area contributed by atoms with Gasteiger partial charge in [-0.15, -0.1) is 0 Å². The van der Waals surface area contributed by atoms with Crippen molar-refractivity contribution in [3.8, 4) is 0 Å². The Morgan fingerprint density at radius 3 is 2.57 bits per heavy atom. The highest BCUT2D eigenvalue weighted by molar-refractivity contribution is 5.79. The molecule has 0 bridgehead atoms. The SMILES string of the molecule is CCNC(=NCc1cccc(COC2CCOCC2)c1)NCCCc1ccccc1. The zero-order valence-electron chi connectivity index (χ0n) is 18.1. The summed E-state index contributed by atoms with van der Waals surface area (Å²) in [6, 6.07) is 19.1. The first-order chi connectivity index (χ1) is 14.8. The van der Waals surface area contributed by atoms with Crippen LogP contribution in [0.25, 0.3) is 0 Å². The molecule has 0 aliphatic carbocycles. The van der Waals surface area contributed by atoms with E-state index in [1.54, 1.807) is 0 Å². The minimum absolute atomic E-state index is 0.320. The molecule has 1 saturated heterocycles. The van der Waals surface area contributed by atoms with Crippen LogP contribution in [0.1, 0.15) is 42.9 Å². The summed E-state index contributed by atoms with van der Waals surface area (Å²) in [7, 11) is 0. The van der Waals surface area contributed by atoms with Crippen LogP contribution in [0.2, 0.25) is 0 Å². The van der Waals surface area contributed by atoms with Crippen LogP contribution in [-0.4, -0.2) is 38.4 Å². The number of nitrogens with one attached hydrogen (secondary N) is 2. The summed E-state index contributed by atoms with van der Waals surface area (Å²) < 4.78 is 11.4. The molecule has 162 valence electrons. The Balaban J connectivity index is 1.44. The fourth-order valence-electron chi connectivity index (χ4n) is 3.53. The predicted molar refractivity (Wildman–Crippen MR) is 123 cm³/mol. The van der Waals surface area contributed by atoms with Gasteiger partial charge >= 0.3 is 0 Å². The van der Waals surface area contributed by atoms with E-state index in [1.807, 2.05) is 0 Å². The summed E-state index contributed by atoms with van der Waals surface area (Å²) in [6.45, 7) is 6.77. The van der Waals surface area contributed by atoms with E-state index < -0.39 is 0 Å². The van der Waals surface area contributed by atoms with Crippen LogP contribution in [0.3, 0.4) is 0 Å². The Bertz CT molecular complexity index is 758. The predicted octanol–water partition coefficient (Wildman–Crippen LogP) is 4.07. The van der Waals surface area contributed by atoms with Crippen molar-refractivity contribution in [2.75, 3.05) is 26.3 Å². The Kier molecular flexibility index (Phi) is 9.70. The van der Waals surface area contributed by atoms with Gasteiger partial charge in [-0.25, -0.2) is 4.99 Å². The van der Waals surface area contributed by atoms with Crippen LogP contribution in [0.15, 0.2) is 59.6 Å². The van der Waals surface area contributed by atoms with Gasteiger partial charge in [0.15, 0.2) is 5.96 Å². The lowest BCUT2D eigenvalue weighted by molar-refractivity contribution is -0.0390.